The van der Waals surface area contributed by atoms with Gasteiger partial charge in [0.2, 0.25) is 0 Å². The van der Waals surface area contributed by atoms with Crippen LogP contribution in [0.4, 0.5) is 0 Å². The van der Waals surface area contributed by atoms with Crippen LogP contribution in [0.5, 0.6) is 23.0 Å². The van der Waals surface area contributed by atoms with E-state index in [1.165, 1.54) is 60.7 Å². The Morgan fingerprint density at radius 1 is 0.674 bits per heavy atom. The van der Waals surface area contributed by atoms with Gasteiger partial charge in [-0.05, 0) is 116 Å². The Labute approximate surface area is 265 Å². The molecular weight excluding hydrogens is 590 g/mol. The zero-order valence-corrected chi connectivity index (χ0v) is 24.9. The van der Waals surface area contributed by atoms with Gasteiger partial charge in [0.15, 0.2) is 0 Å². The van der Waals surface area contributed by atoms with Crippen LogP contribution in [0.1, 0.15) is 55.0 Å². The molecule has 0 aliphatic heterocycles. The second kappa shape index (κ2) is 16.0. The van der Waals surface area contributed by atoms with Crippen LogP contribution in [0.2, 0.25) is 0 Å². The van der Waals surface area contributed by atoms with Gasteiger partial charge < -0.3 is 23.7 Å². The number of aryl methyl sites for hydroxylation is 1. The van der Waals surface area contributed by atoms with Gasteiger partial charge in [-0.2, -0.15) is 5.26 Å². The highest BCUT2D eigenvalue weighted by Gasteiger charge is 2.15. The molecule has 10 nitrogen and oxygen atoms in total. The van der Waals surface area contributed by atoms with Crippen molar-refractivity contribution < 1.29 is 42.9 Å². The highest BCUT2D eigenvalue weighted by atomic mass is 16.5. The molecule has 4 aromatic carbocycles. The summed E-state index contributed by atoms with van der Waals surface area (Å²) in [5, 5.41) is 8.90. The molecule has 0 radical (unpaired) electrons. The maximum atomic E-state index is 12.7. The predicted molar refractivity (Wildman–Crippen MR) is 166 cm³/mol. The summed E-state index contributed by atoms with van der Waals surface area (Å²) in [7, 11) is 0. The number of rotatable bonds is 13. The zero-order valence-electron chi connectivity index (χ0n) is 24.9. The Kier molecular flexibility index (Phi) is 11.4. The fourth-order valence-corrected chi connectivity index (χ4v) is 3.94. The third-order valence-electron chi connectivity index (χ3n) is 6.42. The second-order valence-electron chi connectivity index (χ2n) is 9.76. The second-order valence-corrected chi connectivity index (χ2v) is 9.76. The summed E-state index contributed by atoms with van der Waals surface area (Å²) < 4.78 is 26.9. The topological polar surface area (TPSA) is 138 Å². The van der Waals surface area contributed by atoms with Crippen LogP contribution in [0.25, 0.3) is 0 Å². The molecule has 0 aliphatic rings. The first-order valence-corrected chi connectivity index (χ1v) is 14.1. The van der Waals surface area contributed by atoms with Crippen LogP contribution in [-0.2, 0) is 9.53 Å². The highest BCUT2D eigenvalue weighted by molar-refractivity contribution is 5.93. The number of ether oxygens (including phenoxy) is 5. The summed E-state index contributed by atoms with van der Waals surface area (Å²) in [6.07, 6.45) is 2.45. The lowest BCUT2D eigenvalue weighted by molar-refractivity contribution is -0.137. The molecule has 0 aromatic heterocycles. The molecule has 0 fully saturated rings. The SMILES string of the molecule is C=CC(=O)OCCCCOc1ccc(C(=O)Oc2ccc(C(=O)Oc3ccc(OC(=O)c4ccc(C#N)cc4)cc3C)cc2)cc1. The van der Waals surface area contributed by atoms with Crippen LogP contribution in [0.15, 0.2) is 104 Å². The van der Waals surface area contributed by atoms with E-state index in [1.54, 1.807) is 37.3 Å². The number of benzene rings is 4. The summed E-state index contributed by atoms with van der Waals surface area (Å²) >= 11 is 0. The number of carbonyl (C=O) groups is 4. The maximum absolute atomic E-state index is 12.7. The molecular formula is C36H29NO9. The molecule has 0 N–H and O–H groups in total. The summed E-state index contributed by atoms with van der Waals surface area (Å²) in [5.74, 6) is -0.894. The van der Waals surface area contributed by atoms with E-state index >= 15 is 0 Å². The Balaban J connectivity index is 1.24. The van der Waals surface area contributed by atoms with E-state index in [-0.39, 0.29) is 29.4 Å². The summed E-state index contributed by atoms with van der Waals surface area (Å²) in [4.78, 5) is 48.8. The third kappa shape index (κ3) is 9.39. The van der Waals surface area contributed by atoms with Gasteiger partial charge in [-0.3, -0.25) is 0 Å². The minimum atomic E-state index is -0.628. The van der Waals surface area contributed by atoms with Gasteiger partial charge in [-0.1, -0.05) is 6.58 Å². The van der Waals surface area contributed by atoms with Gasteiger partial charge in [0.1, 0.15) is 23.0 Å². The van der Waals surface area contributed by atoms with Gasteiger partial charge >= 0.3 is 23.9 Å². The predicted octanol–water partition coefficient (Wildman–Crippen LogP) is 6.41. The van der Waals surface area contributed by atoms with Crippen molar-refractivity contribution in [3.63, 3.8) is 0 Å². The molecule has 0 bridgehead atoms. The Morgan fingerprint density at radius 2 is 1.17 bits per heavy atom. The number of carbonyl (C=O) groups excluding carboxylic acids is 4. The fourth-order valence-electron chi connectivity index (χ4n) is 3.94. The number of hydrogen-bond acceptors (Lipinski definition) is 10. The summed E-state index contributed by atoms with van der Waals surface area (Å²) in [5.41, 5.74) is 1.83. The quantitative estimate of drug-likeness (QED) is 0.0714. The molecule has 0 unspecified atom stereocenters. The minimum Gasteiger partial charge on any atom is -0.494 e. The van der Waals surface area contributed by atoms with Crippen molar-refractivity contribution in [3.8, 4) is 29.1 Å². The molecule has 46 heavy (non-hydrogen) atoms. The van der Waals surface area contributed by atoms with Crippen LogP contribution in [0.3, 0.4) is 0 Å². The average molecular weight is 620 g/mol. The van der Waals surface area contributed by atoms with Crippen molar-refractivity contribution in [1.82, 2.24) is 0 Å². The molecule has 0 atom stereocenters. The fraction of sp³-hybridized carbons (Fsp3) is 0.139. The third-order valence-corrected chi connectivity index (χ3v) is 6.42. The lowest BCUT2D eigenvalue weighted by atomic mass is 10.1. The number of hydrogen-bond donors (Lipinski definition) is 0. The van der Waals surface area contributed by atoms with Crippen LogP contribution in [-0.4, -0.2) is 37.1 Å². The molecule has 10 heteroatoms. The van der Waals surface area contributed by atoms with Gasteiger partial charge in [-0.25, -0.2) is 19.2 Å². The van der Waals surface area contributed by atoms with Gasteiger partial charge in [0, 0.05) is 6.08 Å². The standard InChI is InChI=1S/C36H29NO9/c1-3-33(38)43-21-5-4-20-42-29-14-10-27(11-15-29)34(39)44-30-16-12-28(13-17-30)36(41)46-32-19-18-31(22-24(32)2)45-35(40)26-8-6-25(23-37)7-9-26/h3,6-19,22H,1,4-5,20-21H2,2H3. The normalized spacial score (nSPS) is 10.2. The zero-order chi connectivity index (χ0) is 32.9. The Bertz CT molecular complexity index is 1750. The van der Waals surface area contributed by atoms with E-state index in [2.05, 4.69) is 6.58 Å². The average Bonchev–Trinajstić information content (AvgIpc) is 3.07. The summed E-state index contributed by atoms with van der Waals surface area (Å²) in [6.45, 7) is 5.75. The lowest BCUT2D eigenvalue weighted by Gasteiger charge is -2.10. The number of nitrogens with zero attached hydrogens (tertiary/aromatic N) is 1. The minimum absolute atomic E-state index is 0.232. The lowest BCUT2D eigenvalue weighted by Crippen LogP contribution is -2.11. The van der Waals surface area contributed by atoms with E-state index in [4.69, 9.17) is 28.9 Å². The molecule has 0 heterocycles. The Morgan fingerprint density at radius 3 is 1.74 bits per heavy atom. The number of esters is 4. The van der Waals surface area contributed by atoms with Gasteiger partial charge in [0.05, 0.1) is 41.5 Å². The van der Waals surface area contributed by atoms with Crippen LogP contribution >= 0.6 is 0 Å². The first-order chi connectivity index (χ1) is 22.2. The Hall–Kier alpha value is -6.21. The van der Waals surface area contributed by atoms with Gasteiger partial charge in [0.25, 0.3) is 0 Å². The van der Waals surface area contributed by atoms with Crippen molar-refractivity contribution in [2.45, 2.75) is 19.8 Å². The molecule has 0 amide bonds. The molecule has 4 rings (SSSR count). The maximum Gasteiger partial charge on any atom is 0.343 e. The molecule has 232 valence electrons. The molecule has 0 aliphatic carbocycles. The largest absolute Gasteiger partial charge is 0.494 e. The van der Waals surface area contributed by atoms with Crippen LogP contribution in [0, 0.1) is 18.3 Å². The highest BCUT2D eigenvalue weighted by Crippen LogP contribution is 2.26. The molecule has 4 aromatic rings. The number of nitriles is 1. The van der Waals surface area contributed by atoms with Crippen molar-refractivity contribution >= 4 is 23.9 Å². The van der Waals surface area contributed by atoms with E-state index in [9.17, 15) is 19.2 Å². The molecule has 0 saturated carbocycles. The van der Waals surface area contributed by atoms with Crippen molar-refractivity contribution in [2.24, 2.45) is 0 Å². The van der Waals surface area contributed by atoms with E-state index in [0.717, 1.165) is 6.08 Å². The first-order valence-electron chi connectivity index (χ1n) is 14.1. The van der Waals surface area contributed by atoms with Crippen molar-refractivity contribution in [2.75, 3.05) is 13.2 Å². The van der Waals surface area contributed by atoms with E-state index in [0.29, 0.717) is 47.5 Å². The van der Waals surface area contributed by atoms with Crippen molar-refractivity contribution in [1.29, 1.82) is 5.26 Å². The number of unbranched alkanes of at least 4 members (excludes halogenated alkanes) is 1. The smallest absolute Gasteiger partial charge is 0.343 e. The van der Waals surface area contributed by atoms with Crippen molar-refractivity contribution in [3.05, 3.63) is 131 Å². The molecule has 0 spiro atoms. The van der Waals surface area contributed by atoms with Crippen LogP contribution < -0.4 is 18.9 Å². The monoisotopic (exact) mass is 619 g/mol. The van der Waals surface area contributed by atoms with E-state index in [1.807, 2.05) is 6.07 Å². The summed E-state index contributed by atoms with van der Waals surface area (Å²) in [6, 6.07) is 25.0. The molecule has 0 saturated heterocycles. The van der Waals surface area contributed by atoms with E-state index < -0.39 is 23.9 Å². The van der Waals surface area contributed by atoms with Gasteiger partial charge in [-0.15, -0.1) is 0 Å². The first kappa shape index (κ1) is 32.7.